The van der Waals surface area contributed by atoms with E-state index in [1.807, 2.05) is 0 Å². The van der Waals surface area contributed by atoms with Crippen LogP contribution in [0.15, 0.2) is 18.2 Å². The molecule has 2 amide bonds. The summed E-state index contributed by atoms with van der Waals surface area (Å²) in [4.78, 5) is 22.9. The molecule has 2 atom stereocenters. The van der Waals surface area contributed by atoms with Gasteiger partial charge in [-0.3, -0.25) is 4.79 Å². The van der Waals surface area contributed by atoms with Gasteiger partial charge in [0.1, 0.15) is 5.82 Å². The molecule has 7 heteroatoms. The van der Waals surface area contributed by atoms with Crippen molar-refractivity contribution in [3.05, 3.63) is 35.1 Å². The van der Waals surface area contributed by atoms with Crippen LogP contribution in [-0.2, 0) is 4.74 Å². The highest BCUT2D eigenvalue weighted by molar-refractivity contribution is 5.95. The number of halogens is 1. The van der Waals surface area contributed by atoms with E-state index in [0.717, 1.165) is 18.4 Å². The number of amides is 2. The van der Waals surface area contributed by atoms with Crippen LogP contribution in [0.25, 0.3) is 0 Å². The van der Waals surface area contributed by atoms with Crippen molar-refractivity contribution in [3.8, 4) is 0 Å². The minimum absolute atomic E-state index is 0.00123. The summed E-state index contributed by atoms with van der Waals surface area (Å²) in [5.41, 5.74) is 0.789. The maximum Gasteiger partial charge on any atom is 0.404 e. The number of benzene rings is 1. The molecule has 3 N–H and O–H groups in total. The summed E-state index contributed by atoms with van der Waals surface area (Å²) in [5.74, 6) is -0.998. The van der Waals surface area contributed by atoms with Gasteiger partial charge >= 0.3 is 6.09 Å². The van der Waals surface area contributed by atoms with Gasteiger partial charge in [-0.2, -0.15) is 0 Å². The summed E-state index contributed by atoms with van der Waals surface area (Å²) >= 11 is 0. The molecular formula is C16H19FN2O4. The number of rotatable bonds is 4. The zero-order valence-electron chi connectivity index (χ0n) is 12.5. The van der Waals surface area contributed by atoms with E-state index < -0.39 is 17.8 Å². The van der Waals surface area contributed by atoms with Crippen molar-refractivity contribution in [1.82, 2.24) is 10.6 Å². The molecule has 1 aromatic carbocycles. The van der Waals surface area contributed by atoms with Crippen LogP contribution < -0.4 is 10.6 Å². The summed E-state index contributed by atoms with van der Waals surface area (Å²) in [6, 6.07) is 4.24. The Bertz CT molecular complexity index is 616. The van der Waals surface area contributed by atoms with Crippen molar-refractivity contribution >= 4 is 12.0 Å². The van der Waals surface area contributed by atoms with Crippen molar-refractivity contribution in [2.75, 3.05) is 13.2 Å². The third-order valence-electron chi connectivity index (χ3n) is 4.32. The monoisotopic (exact) mass is 322 g/mol. The topological polar surface area (TPSA) is 87.7 Å². The molecule has 23 heavy (non-hydrogen) atoms. The van der Waals surface area contributed by atoms with Crippen molar-refractivity contribution in [2.24, 2.45) is 0 Å². The molecule has 1 aromatic rings. The maximum absolute atomic E-state index is 14.0. The molecule has 1 saturated carbocycles. The lowest BCUT2D eigenvalue weighted by molar-refractivity contribution is 0.0694. The molecule has 2 unspecified atom stereocenters. The van der Waals surface area contributed by atoms with Gasteiger partial charge < -0.3 is 20.5 Å². The number of carboxylic acid groups (broad SMARTS) is 1. The predicted molar refractivity (Wildman–Crippen MR) is 80.0 cm³/mol. The van der Waals surface area contributed by atoms with E-state index >= 15 is 0 Å². The van der Waals surface area contributed by atoms with E-state index in [2.05, 4.69) is 10.6 Å². The number of carbonyl (C=O) groups is 2. The summed E-state index contributed by atoms with van der Waals surface area (Å²) in [6.07, 6.45) is 1.04. The lowest BCUT2D eigenvalue weighted by atomic mass is 10.0. The molecule has 0 aromatic heterocycles. The zero-order valence-corrected chi connectivity index (χ0v) is 12.5. The average Bonchev–Trinajstić information content (AvgIpc) is 3.27. The lowest BCUT2D eigenvalue weighted by Crippen LogP contribution is -2.39. The molecule has 0 spiro atoms. The molecule has 2 aliphatic rings. The summed E-state index contributed by atoms with van der Waals surface area (Å²) in [5, 5.41) is 14.0. The van der Waals surface area contributed by atoms with Crippen LogP contribution in [-0.4, -0.2) is 42.4 Å². The van der Waals surface area contributed by atoms with Gasteiger partial charge in [-0.1, -0.05) is 6.07 Å². The first kappa shape index (κ1) is 15.7. The first-order valence-corrected chi connectivity index (χ1v) is 7.72. The summed E-state index contributed by atoms with van der Waals surface area (Å²) in [6.45, 7) is 1.19. The predicted octanol–water partition coefficient (Wildman–Crippen LogP) is 1.86. The second kappa shape index (κ2) is 6.54. The molecule has 2 fully saturated rings. The SMILES string of the molecule is O=C(O)NC1CC1c1ccc(F)c(C(=O)NC2CCOCC2)c1. The highest BCUT2D eigenvalue weighted by Gasteiger charge is 2.40. The van der Waals surface area contributed by atoms with E-state index in [-0.39, 0.29) is 23.6 Å². The van der Waals surface area contributed by atoms with Gasteiger partial charge in [-0.05, 0) is 37.0 Å². The van der Waals surface area contributed by atoms with Gasteiger partial charge in [0.2, 0.25) is 0 Å². The molecule has 0 bridgehead atoms. The number of nitrogens with one attached hydrogen (secondary N) is 2. The zero-order chi connectivity index (χ0) is 16.4. The molecule has 1 heterocycles. The fraction of sp³-hybridized carbons (Fsp3) is 0.500. The molecule has 1 aliphatic heterocycles. The first-order chi connectivity index (χ1) is 11.0. The largest absolute Gasteiger partial charge is 0.465 e. The second-order valence-electron chi connectivity index (χ2n) is 6.00. The van der Waals surface area contributed by atoms with Gasteiger partial charge in [-0.15, -0.1) is 0 Å². The molecule has 6 nitrogen and oxygen atoms in total. The van der Waals surface area contributed by atoms with Crippen molar-refractivity contribution in [2.45, 2.75) is 37.3 Å². The Balaban J connectivity index is 1.68. The van der Waals surface area contributed by atoms with Crippen molar-refractivity contribution < 1.29 is 23.8 Å². The summed E-state index contributed by atoms with van der Waals surface area (Å²) in [7, 11) is 0. The van der Waals surface area contributed by atoms with Crippen LogP contribution in [0.4, 0.5) is 9.18 Å². The Morgan fingerprint density at radius 2 is 1.96 bits per heavy atom. The van der Waals surface area contributed by atoms with Crippen LogP contribution in [0.1, 0.15) is 41.1 Å². The Morgan fingerprint density at radius 1 is 1.22 bits per heavy atom. The Morgan fingerprint density at radius 3 is 2.65 bits per heavy atom. The van der Waals surface area contributed by atoms with Gasteiger partial charge in [0.05, 0.1) is 5.56 Å². The average molecular weight is 322 g/mol. The number of hydrogen-bond donors (Lipinski definition) is 3. The third kappa shape index (κ3) is 3.79. The lowest BCUT2D eigenvalue weighted by Gasteiger charge is -2.23. The van der Waals surface area contributed by atoms with Crippen molar-refractivity contribution in [3.63, 3.8) is 0 Å². The highest BCUT2D eigenvalue weighted by atomic mass is 19.1. The molecule has 1 aliphatic carbocycles. The molecule has 124 valence electrons. The Labute approximate surface area is 133 Å². The molecule has 1 saturated heterocycles. The maximum atomic E-state index is 14.0. The van der Waals surface area contributed by atoms with E-state index in [1.165, 1.54) is 12.1 Å². The third-order valence-corrected chi connectivity index (χ3v) is 4.32. The van der Waals surface area contributed by atoms with Crippen LogP contribution in [0.5, 0.6) is 0 Å². The van der Waals surface area contributed by atoms with E-state index in [0.29, 0.717) is 19.6 Å². The quantitative estimate of drug-likeness (QED) is 0.789. The fourth-order valence-electron chi connectivity index (χ4n) is 2.93. The smallest absolute Gasteiger partial charge is 0.404 e. The van der Waals surface area contributed by atoms with Crippen molar-refractivity contribution in [1.29, 1.82) is 0 Å². The number of ether oxygens (including phenoxy) is 1. The summed E-state index contributed by atoms with van der Waals surface area (Å²) < 4.78 is 19.2. The van der Waals surface area contributed by atoms with Crippen LogP contribution in [0.2, 0.25) is 0 Å². The van der Waals surface area contributed by atoms with Gasteiger partial charge in [0.15, 0.2) is 0 Å². The molecule has 3 rings (SSSR count). The number of carbonyl (C=O) groups excluding carboxylic acids is 1. The van der Waals surface area contributed by atoms with Crippen LogP contribution in [0, 0.1) is 5.82 Å². The van der Waals surface area contributed by atoms with Gasteiger partial charge in [0, 0.05) is 31.2 Å². The Kier molecular flexibility index (Phi) is 4.47. The molecular weight excluding hydrogens is 303 g/mol. The highest BCUT2D eigenvalue weighted by Crippen LogP contribution is 2.41. The standard InChI is InChI=1S/C16H19FN2O4/c17-13-2-1-9(11-8-14(11)19-16(21)22)7-12(13)15(20)18-10-3-5-23-6-4-10/h1-2,7,10-11,14,19H,3-6,8H2,(H,18,20)(H,21,22). The molecule has 0 radical (unpaired) electrons. The minimum Gasteiger partial charge on any atom is -0.465 e. The van der Waals surface area contributed by atoms with Crippen LogP contribution >= 0.6 is 0 Å². The van der Waals surface area contributed by atoms with E-state index in [9.17, 15) is 14.0 Å². The van der Waals surface area contributed by atoms with E-state index in [1.54, 1.807) is 6.07 Å². The first-order valence-electron chi connectivity index (χ1n) is 7.72. The second-order valence-corrected chi connectivity index (χ2v) is 6.00. The van der Waals surface area contributed by atoms with Crippen LogP contribution in [0.3, 0.4) is 0 Å². The van der Waals surface area contributed by atoms with Gasteiger partial charge in [0.25, 0.3) is 5.91 Å². The van der Waals surface area contributed by atoms with Gasteiger partial charge in [-0.25, -0.2) is 9.18 Å². The normalized spacial score (nSPS) is 24.0. The fourth-order valence-corrected chi connectivity index (χ4v) is 2.93. The minimum atomic E-state index is -1.07. The number of hydrogen-bond acceptors (Lipinski definition) is 3. The van der Waals surface area contributed by atoms with E-state index in [4.69, 9.17) is 9.84 Å². The Hall–Kier alpha value is -2.15.